The van der Waals surface area contributed by atoms with E-state index in [1.807, 2.05) is 13.8 Å². The first-order valence-electron chi connectivity index (χ1n) is 6.11. The minimum Gasteiger partial charge on any atom is -0.480 e. The van der Waals surface area contributed by atoms with Crippen molar-refractivity contribution in [3.8, 4) is 0 Å². The number of aliphatic carboxylic acids is 1. The van der Waals surface area contributed by atoms with Crippen LogP contribution in [0.2, 0.25) is 0 Å². The van der Waals surface area contributed by atoms with Gasteiger partial charge in [-0.2, -0.15) is 0 Å². The van der Waals surface area contributed by atoms with Gasteiger partial charge in [0.2, 0.25) is 0 Å². The predicted molar refractivity (Wildman–Crippen MR) is 66.4 cm³/mol. The van der Waals surface area contributed by atoms with Gasteiger partial charge in [-0.3, -0.25) is 4.79 Å². The molecule has 2 atom stereocenters. The molecule has 0 aliphatic heterocycles. The fourth-order valence-electron chi connectivity index (χ4n) is 1.72. The number of rotatable bonds is 6. The number of furan rings is 1. The van der Waals surface area contributed by atoms with Crippen molar-refractivity contribution in [2.24, 2.45) is 5.92 Å². The van der Waals surface area contributed by atoms with Gasteiger partial charge in [0.25, 0.3) is 5.91 Å². The van der Waals surface area contributed by atoms with Crippen LogP contribution < -0.4 is 5.32 Å². The third-order valence-corrected chi connectivity index (χ3v) is 3.08. The molecule has 0 fully saturated rings. The van der Waals surface area contributed by atoms with Crippen molar-refractivity contribution in [3.05, 3.63) is 23.7 Å². The van der Waals surface area contributed by atoms with Crippen molar-refractivity contribution in [2.45, 2.75) is 39.7 Å². The Kier molecular flexibility index (Phi) is 4.95. The molecule has 1 heterocycles. The lowest BCUT2D eigenvalue weighted by Crippen LogP contribution is -2.45. The van der Waals surface area contributed by atoms with E-state index in [9.17, 15) is 9.59 Å². The van der Waals surface area contributed by atoms with E-state index in [1.165, 1.54) is 6.26 Å². The molecule has 1 aromatic heterocycles. The third-order valence-electron chi connectivity index (χ3n) is 3.08. The summed E-state index contributed by atoms with van der Waals surface area (Å²) in [7, 11) is 0. The van der Waals surface area contributed by atoms with E-state index in [-0.39, 0.29) is 5.92 Å². The van der Waals surface area contributed by atoms with Crippen LogP contribution in [-0.2, 0) is 11.2 Å². The number of amides is 1. The molecule has 0 aliphatic rings. The SMILES string of the molecule is CCc1occc1C(=O)N[C@H](C(=O)O)C(C)CC. The number of carbonyl (C=O) groups is 2. The zero-order valence-electron chi connectivity index (χ0n) is 10.9. The second kappa shape index (κ2) is 6.23. The van der Waals surface area contributed by atoms with Crippen LogP contribution in [0.25, 0.3) is 0 Å². The Morgan fingerprint density at radius 1 is 1.44 bits per heavy atom. The highest BCUT2D eigenvalue weighted by Gasteiger charge is 2.26. The number of carbonyl (C=O) groups excluding carboxylic acids is 1. The molecule has 0 saturated heterocycles. The maximum Gasteiger partial charge on any atom is 0.326 e. The summed E-state index contributed by atoms with van der Waals surface area (Å²) in [6.45, 7) is 5.57. The molecule has 0 saturated carbocycles. The first kappa shape index (κ1) is 14.3. The summed E-state index contributed by atoms with van der Waals surface area (Å²) in [4.78, 5) is 23.1. The number of nitrogens with one attached hydrogen (secondary N) is 1. The zero-order valence-corrected chi connectivity index (χ0v) is 10.9. The molecule has 1 aromatic rings. The van der Waals surface area contributed by atoms with E-state index in [0.29, 0.717) is 24.2 Å². The van der Waals surface area contributed by atoms with E-state index < -0.39 is 17.9 Å². The number of hydrogen-bond acceptors (Lipinski definition) is 3. The first-order valence-corrected chi connectivity index (χ1v) is 6.11. The molecule has 1 rings (SSSR count). The Morgan fingerprint density at radius 2 is 2.11 bits per heavy atom. The van der Waals surface area contributed by atoms with Crippen LogP contribution in [0, 0.1) is 5.92 Å². The van der Waals surface area contributed by atoms with E-state index in [4.69, 9.17) is 9.52 Å². The predicted octanol–water partition coefficient (Wildman–Crippen LogP) is 2.07. The molecule has 0 spiro atoms. The minimum atomic E-state index is -1.01. The molecule has 100 valence electrons. The molecule has 1 amide bonds. The van der Waals surface area contributed by atoms with E-state index in [2.05, 4.69) is 5.32 Å². The fraction of sp³-hybridized carbons (Fsp3) is 0.538. The van der Waals surface area contributed by atoms with Gasteiger partial charge < -0.3 is 14.8 Å². The summed E-state index contributed by atoms with van der Waals surface area (Å²) < 4.78 is 5.16. The highest BCUT2D eigenvalue weighted by molar-refractivity contribution is 5.97. The smallest absolute Gasteiger partial charge is 0.326 e. The molecular formula is C13H19NO4. The number of carboxylic acid groups (broad SMARTS) is 1. The topological polar surface area (TPSA) is 79.5 Å². The molecule has 0 radical (unpaired) electrons. The zero-order chi connectivity index (χ0) is 13.7. The number of carboxylic acids is 1. The lowest BCUT2D eigenvalue weighted by atomic mass is 9.99. The monoisotopic (exact) mass is 253 g/mol. The molecule has 5 heteroatoms. The molecule has 0 bridgehead atoms. The van der Waals surface area contributed by atoms with Gasteiger partial charge >= 0.3 is 5.97 Å². The van der Waals surface area contributed by atoms with Crippen LogP contribution in [0.5, 0.6) is 0 Å². The Labute approximate surface area is 106 Å². The molecule has 18 heavy (non-hydrogen) atoms. The molecule has 0 aromatic carbocycles. The molecular weight excluding hydrogens is 234 g/mol. The van der Waals surface area contributed by atoms with Gasteiger partial charge in [0.1, 0.15) is 11.8 Å². The Balaban J connectivity index is 2.82. The van der Waals surface area contributed by atoms with Gasteiger partial charge in [0, 0.05) is 6.42 Å². The van der Waals surface area contributed by atoms with Gasteiger partial charge in [0.05, 0.1) is 11.8 Å². The van der Waals surface area contributed by atoms with Crippen molar-refractivity contribution in [1.29, 1.82) is 0 Å². The van der Waals surface area contributed by atoms with Gasteiger partial charge in [-0.1, -0.05) is 27.2 Å². The van der Waals surface area contributed by atoms with Gasteiger partial charge in [-0.25, -0.2) is 4.79 Å². The lowest BCUT2D eigenvalue weighted by molar-refractivity contribution is -0.140. The second-order valence-electron chi connectivity index (χ2n) is 4.29. The van der Waals surface area contributed by atoms with Gasteiger partial charge in [0.15, 0.2) is 0 Å². The van der Waals surface area contributed by atoms with E-state index >= 15 is 0 Å². The van der Waals surface area contributed by atoms with Crippen molar-refractivity contribution in [1.82, 2.24) is 5.32 Å². The van der Waals surface area contributed by atoms with Gasteiger partial charge in [-0.15, -0.1) is 0 Å². The highest BCUT2D eigenvalue weighted by Crippen LogP contribution is 2.13. The average molecular weight is 253 g/mol. The lowest BCUT2D eigenvalue weighted by Gasteiger charge is -2.19. The van der Waals surface area contributed by atoms with E-state index in [0.717, 1.165) is 0 Å². The summed E-state index contributed by atoms with van der Waals surface area (Å²) in [6.07, 6.45) is 2.72. The third kappa shape index (κ3) is 3.12. The minimum absolute atomic E-state index is 0.122. The van der Waals surface area contributed by atoms with Crippen LogP contribution in [0.3, 0.4) is 0 Å². The largest absolute Gasteiger partial charge is 0.480 e. The van der Waals surface area contributed by atoms with Crippen LogP contribution in [0.1, 0.15) is 43.3 Å². The van der Waals surface area contributed by atoms with E-state index in [1.54, 1.807) is 13.0 Å². The molecule has 1 unspecified atom stereocenters. The normalized spacial score (nSPS) is 13.9. The summed E-state index contributed by atoms with van der Waals surface area (Å²) in [6, 6.07) is 0.686. The summed E-state index contributed by atoms with van der Waals surface area (Å²) >= 11 is 0. The number of hydrogen-bond donors (Lipinski definition) is 2. The maximum absolute atomic E-state index is 12.0. The van der Waals surface area contributed by atoms with Crippen molar-refractivity contribution >= 4 is 11.9 Å². The molecule has 2 N–H and O–H groups in total. The quantitative estimate of drug-likeness (QED) is 0.813. The van der Waals surface area contributed by atoms with Crippen LogP contribution >= 0.6 is 0 Å². The number of aryl methyl sites for hydroxylation is 1. The summed E-state index contributed by atoms with van der Waals surface area (Å²) in [5.74, 6) is -0.961. The van der Waals surface area contributed by atoms with Crippen LogP contribution in [0.4, 0.5) is 0 Å². The van der Waals surface area contributed by atoms with Crippen LogP contribution in [0.15, 0.2) is 16.7 Å². The summed E-state index contributed by atoms with van der Waals surface area (Å²) in [5.41, 5.74) is 0.409. The average Bonchev–Trinajstić information content (AvgIpc) is 2.82. The highest BCUT2D eigenvalue weighted by atomic mass is 16.4. The summed E-state index contributed by atoms with van der Waals surface area (Å²) in [5, 5.41) is 11.7. The molecule has 0 aliphatic carbocycles. The standard InChI is InChI=1S/C13H19NO4/c1-4-8(3)11(13(16)17)14-12(15)9-6-7-18-10(9)5-2/h6-8,11H,4-5H2,1-3H3,(H,14,15)(H,16,17)/t8?,11-/m0/s1. The maximum atomic E-state index is 12.0. The Morgan fingerprint density at radius 3 is 2.61 bits per heavy atom. The van der Waals surface area contributed by atoms with Crippen LogP contribution in [-0.4, -0.2) is 23.0 Å². The van der Waals surface area contributed by atoms with Crippen molar-refractivity contribution in [3.63, 3.8) is 0 Å². The second-order valence-corrected chi connectivity index (χ2v) is 4.29. The van der Waals surface area contributed by atoms with Gasteiger partial charge in [-0.05, 0) is 12.0 Å². The van der Waals surface area contributed by atoms with Crippen molar-refractivity contribution < 1.29 is 19.1 Å². The Bertz CT molecular complexity index is 424. The first-order chi connectivity index (χ1) is 8.51. The molecule has 5 nitrogen and oxygen atoms in total. The fourth-order valence-corrected chi connectivity index (χ4v) is 1.72. The Hall–Kier alpha value is -1.78. The van der Waals surface area contributed by atoms with Crippen molar-refractivity contribution in [2.75, 3.05) is 0 Å².